The fourth-order valence-corrected chi connectivity index (χ4v) is 2.36. The molecule has 2 rings (SSSR count). The average molecular weight is 255 g/mol. The van der Waals surface area contributed by atoms with Gasteiger partial charge in [-0.05, 0) is 43.1 Å². The molecule has 0 radical (unpaired) electrons. The molecule has 0 saturated carbocycles. The van der Waals surface area contributed by atoms with Crippen molar-refractivity contribution in [3.8, 4) is 0 Å². The Hall–Kier alpha value is -0.540. The van der Waals surface area contributed by atoms with Gasteiger partial charge in [0.15, 0.2) is 0 Å². The van der Waals surface area contributed by atoms with E-state index < -0.39 is 0 Å². The fourth-order valence-electron chi connectivity index (χ4n) is 1.95. The van der Waals surface area contributed by atoms with Crippen LogP contribution in [-0.4, -0.2) is 19.6 Å². The smallest absolute Gasteiger partial charge is 0.0400 e. The number of hydrogen-bond donors (Lipinski definition) is 1. The summed E-state index contributed by atoms with van der Waals surface area (Å²) in [5.74, 6) is 0. The molecule has 1 aliphatic heterocycles. The molecule has 1 heterocycles. The maximum Gasteiger partial charge on any atom is 0.0400 e. The van der Waals surface area contributed by atoms with Crippen molar-refractivity contribution in [2.24, 2.45) is 5.73 Å². The molecule has 0 aliphatic carbocycles. The first-order chi connectivity index (χ1) is 6.81. The van der Waals surface area contributed by atoms with Crippen LogP contribution < -0.4 is 10.6 Å². The van der Waals surface area contributed by atoms with Crippen LogP contribution in [0.3, 0.4) is 0 Å². The standard InChI is InChI=1S/C11H15BrN2/c12-10-2-3-11-9(8-10)4-7-14(11)6-1-5-13/h2-3,8H,1,4-7,13H2. The highest BCUT2D eigenvalue weighted by Crippen LogP contribution is 2.30. The van der Waals surface area contributed by atoms with Crippen molar-refractivity contribution in [1.29, 1.82) is 0 Å². The fraction of sp³-hybridized carbons (Fsp3) is 0.455. The van der Waals surface area contributed by atoms with Gasteiger partial charge in [0, 0.05) is 23.2 Å². The molecule has 0 bridgehead atoms. The average Bonchev–Trinajstić information content (AvgIpc) is 2.57. The van der Waals surface area contributed by atoms with Crippen LogP contribution >= 0.6 is 15.9 Å². The third-order valence-electron chi connectivity index (χ3n) is 2.67. The Balaban J connectivity index is 2.14. The molecule has 0 aromatic heterocycles. The van der Waals surface area contributed by atoms with Gasteiger partial charge in [0.05, 0.1) is 0 Å². The summed E-state index contributed by atoms with van der Waals surface area (Å²) in [6.07, 6.45) is 2.24. The number of fused-ring (bicyclic) bond motifs is 1. The van der Waals surface area contributed by atoms with Gasteiger partial charge in [0.1, 0.15) is 0 Å². The van der Waals surface area contributed by atoms with Crippen LogP contribution in [0.25, 0.3) is 0 Å². The van der Waals surface area contributed by atoms with Gasteiger partial charge in [-0.15, -0.1) is 0 Å². The van der Waals surface area contributed by atoms with Crippen LogP contribution in [0.1, 0.15) is 12.0 Å². The minimum Gasteiger partial charge on any atom is -0.371 e. The lowest BCUT2D eigenvalue weighted by Gasteiger charge is -2.18. The molecule has 0 saturated heterocycles. The lowest BCUT2D eigenvalue weighted by Crippen LogP contribution is -2.23. The molecular weight excluding hydrogens is 240 g/mol. The normalized spacial score (nSPS) is 14.6. The van der Waals surface area contributed by atoms with Gasteiger partial charge >= 0.3 is 0 Å². The zero-order chi connectivity index (χ0) is 9.97. The Labute approximate surface area is 93.2 Å². The van der Waals surface area contributed by atoms with E-state index in [9.17, 15) is 0 Å². The first kappa shape index (κ1) is 9.99. The second kappa shape index (κ2) is 4.32. The highest BCUT2D eigenvalue weighted by atomic mass is 79.9. The van der Waals surface area contributed by atoms with Gasteiger partial charge in [0.25, 0.3) is 0 Å². The molecule has 3 heteroatoms. The maximum atomic E-state index is 5.52. The summed E-state index contributed by atoms with van der Waals surface area (Å²) >= 11 is 3.50. The van der Waals surface area contributed by atoms with E-state index in [1.54, 1.807) is 0 Å². The van der Waals surface area contributed by atoms with E-state index in [-0.39, 0.29) is 0 Å². The highest BCUT2D eigenvalue weighted by molar-refractivity contribution is 9.10. The van der Waals surface area contributed by atoms with Gasteiger partial charge < -0.3 is 10.6 Å². The Bertz CT molecular complexity index is 325. The molecule has 0 atom stereocenters. The van der Waals surface area contributed by atoms with E-state index in [2.05, 4.69) is 39.0 Å². The summed E-state index contributed by atoms with van der Waals surface area (Å²) in [5.41, 5.74) is 8.36. The van der Waals surface area contributed by atoms with E-state index in [0.717, 1.165) is 26.1 Å². The van der Waals surface area contributed by atoms with E-state index in [1.807, 2.05) is 0 Å². The third kappa shape index (κ3) is 1.93. The largest absolute Gasteiger partial charge is 0.371 e. The van der Waals surface area contributed by atoms with Crippen molar-refractivity contribution in [1.82, 2.24) is 0 Å². The first-order valence-corrected chi connectivity index (χ1v) is 5.84. The van der Waals surface area contributed by atoms with E-state index in [1.165, 1.54) is 22.1 Å². The summed E-state index contributed by atoms with van der Waals surface area (Å²) in [7, 11) is 0. The molecule has 1 aromatic rings. The van der Waals surface area contributed by atoms with Gasteiger partial charge in [0.2, 0.25) is 0 Å². The molecule has 1 aromatic carbocycles. The van der Waals surface area contributed by atoms with Gasteiger partial charge in [-0.3, -0.25) is 0 Å². The molecular formula is C11H15BrN2. The Morgan fingerprint density at radius 1 is 1.43 bits per heavy atom. The second-order valence-corrected chi connectivity index (χ2v) is 4.57. The minimum atomic E-state index is 0.780. The zero-order valence-electron chi connectivity index (χ0n) is 8.17. The van der Waals surface area contributed by atoms with Crippen molar-refractivity contribution in [3.05, 3.63) is 28.2 Å². The molecule has 2 nitrogen and oxygen atoms in total. The number of halogens is 1. The molecule has 0 fully saturated rings. The summed E-state index contributed by atoms with van der Waals surface area (Å²) in [5, 5.41) is 0. The second-order valence-electron chi connectivity index (χ2n) is 3.65. The zero-order valence-corrected chi connectivity index (χ0v) is 9.76. The van der Waals surface area contributed by atoms with Crippen LogP contribution in [0.5, 0.6) is 0 Å². The molecule has 1 aliphatic rings. The predicted molar refractivity (Wildman–Crippen MR) is 63.7 cm³/mol. The van der Waals surface area contributed by atoms with Gasteiger partial charge in [-0.2, -0.15) is 0 Å². The lowest BCUT2D eigenvalue weighted by atomic mass is 10.2. The summed E-state index contributed by atoms with van der Waals surface area (Å²) < 4.78 is 1.18. The third-order valence-corrected chi connectivity index (χ3v) is 3.16. The molecule has 0 unspecified atom stereocenters. The number of benzene rings is 1. The topological polar surface area (TPSA) is 29.3 Å². The maximum absolute atomic E-state index is 5.52. The van der Waals surface area contributed by atoms with Crippen LogP contribution in [-0.2, 0) is 6.42 Å². The van der Waals surface area contributed by atoms with Crippen LogP contribution in [0.15, 0.2) is 22.7 Å². The quantitative estimate of drug-likeness (QED) is 0.896. The molecule has 2 N–H and O–H groups in total. The molecule has 76 valence electrons. The number of hydrogen-bond acceptors (Lipinski definition) is 2. The monoisotopic (exact) mass is 254 g/mol. The highest BCUT2D eigenvalue weighted by Gasteiger charge is 2.17. The van der Waals surface area contributed by atoms with E-state index in [0.29, 0.717) is 0 Å². The van der Waals surface area contributed by atoms with Crippen LogP contribution in [0.4, 0.5) is 5.69 Å². The van der Waals surface area contributed by atoms with Crippen molar-refractivity contribution < 1.29 is 0 Å². The summed E-state index contributed by atoms with van der Waals surface area (Å²) in [4.78, 5) is 2.43. The number of anilines is 1. The summed E-state index contributed by atoms with van der Waals surface area (Å²) in [6, 6.07) is 6.53. The van der Waals surface area contributed by atoms with Gasteiger partial charge in [-0.1, -0.05) is 15.9 Å². The first-order valence-electron chi connectivity index (χ1n) is 5.04. The Morgan fingerprint density at radius 3 is 3.07 bits per heavy atom. The predicted octanol–water partition coefficient (Wildman–Crippen LogP) is 2.16. The number of nitrogens with zero attached hydrogens (tertiary/aromatic N) is 1. The molecule has 14 heavy (non-hydrogen) atoms. The number of nitrogens with two attached hydrogens (primary N) is 1. The Kier molecular flexibility index (Phi) is 3.08. The number of rotatable bonds is 3. The van der Waals surface area contributed by atoms with Crippen molar-refractivity contribution in [2.75, 3.05) is 24.5 Å². The van der Waals surface area contributed by atoms with E-state index in [4.69, 9.17) is 5.73 Å². The van der Waals surface area contributed by atoms with Crippen LogP contribution in [0.2, 0.25) is 0 Å². The van der Waals surface area contributed by atoms with Crippen molar-refractivity contribution >= 4 is 21.6 Å². The van der Waals surface area contributed by atoms with Crippen molar-refractivity contribution in [2.45, 2.75) is 12.8 Å². The summed E-state index contributed by atoms with van der Waals surface area (Å²) in [6.45, 7) is 3.01. The molecule has 0 amide bonds. The SMILES string of the molecule is NCCCN1CCc2cc(Br)ccc21. The molecule has 0 spiro atoms. The van der Waals surface area contributed by atoms with E-state index >= 15 is 0 Å². The van der Waals surface area contributed by atoms with Gasteiger partial charge in [-0.25, -0.2) is 0 Å². The minimum absolute atomic E-state index is 0.780. The Morgan fingerprint density at radius 2 is 2.29 bits per heavy atom. The van der Waals surface area contributed by atoms with Crippen molar-refractivity contribution in [3.63, 3.8) is 0 Å². The van der Waals surface area contributed by atoms with Crippen LogP contribution in [0, 0.1) is 0 Å². The lowest BCUT2D eigenvalue weighted by molar-refractivity contribution is 0.759.